The van der Waals surface area contributed by atoms with Crippen molar-refractivity contribution in [3.8, 4) is 11.1 Å². The Hall–Kier alpha value is -2.39. The van der Waals surface area contributed by atoms with Crippen LogP contribution in [-0.2, 0) is 4.79 Å². The van der Waals surface area contributed by atoms with Gasteiger partial charge in [0.2, 0.25) is 0 Å². The van der Waals surface area contributed by atoms with Crippen LogP contribution < -0.4 is 5.73 Å². The highest BCUT2D eigenvalue weighted by Crippen LogP contribution is 2.23. The predicted molar refractivity (Wildman–Crippen MR) is 81.1 cm³/mol. The summed E-state index contributed by atoms with van der Waals surface area (Å²) in [6.07, 6.45) is 0.250. The van der Waals surface area contributed by atoms with Gasteiger partial charge in [0.15, 0.2) is 0 Å². The van der Waals surface area contributed by atoms with Gasteiger partial charge in [-0.2, -0.15) is 0 Å². The van der Waals surface area contributed by atoms with E-state index in [0.29, 0.717) is 0 Å². The SMILES string of the molecule is C=C(C[C@H](N)C(=O)O)c1ccc(-c2ccccc2)cc1. The molecule has 0 unspecified atom stereocenters. The van der Waals surface area contributed by atoms with Crippen LogP contribution in [-0.4, -0.2) is 17.1 Å². The monoisotopic (exact) mass is 267 g/mol. The Bertz CT molecular complexity index is 603. The fourth-order valence-corrected chi connectivity index (χ4v) is 2.00. The van der Waals surface area contributed by atoms with E-state index in [4.69, 9.17) is 10.8 Å². The normalized spacial score (nSPS) is 11.8. The highest BCUT2D eigenvalue weighted by atomic mass is 16.4. The van der Waals surface area contributed by atoms with Gasteiger partial charge < -0.3 is 10.8 Å². The molecule has 3 N–H and O–H groups in total. The molecule has 0 aliphatic rings. The van der Waals surface area contributed by atoms with Crippen LogP contribution in [0.2, 0.25) is 0 Å². The van der Waals surface area contributed by atoms with E-state index in [9.17, 15) is 4.79 Å². The molecule has 0 radical (unpaired) electrons. The van der Waals surface area contributed by atoms with Crippen molar-refractivity contribution in [2.75, 3.05) is 0 Å². The van der Waals surface area contributed by atoms with Gasteiger partial charge in [-0.3, -0.25) is 4.79 Å². The van der Waals surface area contributed by atoms with Crippen molar-refractivity contribution in [2.45, 2.75) is 12.5 Å². The summed E-state index contributed by atoms with van der Waals surface area (Å²) in [5, 5.41) is 8.80. The number of carboxylic acid groups (broad SMARTS) is 1. The van der Waals surface area contributed by atoms with Gasteiger partial charge in [0.1, 0.15) is 6.04 Å². The third-order valence-electron chi connectivity index (χ3n) is 3.18. The van der Waals surface area contributed by atoms with Crippen molar-refractivity contribution in [3.63, 3.8) is 0 Å². The molecule has 2 aromatic rings. The first-order valence-corrected chi connectivity index (χ1v) is 6.40. The van der Waals surface area contributed by atoms with Crippen LogP contribution in [0.5, 0.6) is 0 Å². The molecule has 1 atom stereocenters. The zero-order valence-electron chi connectivity index (χ0n) is 11.1. The van der Waals surface area contributed by atoms with Gasteiger partial charge in [0.25, 0.3) is 0 Å². The molecular weight excluding hydrogens is 250 g/mol. The van der Waals surface area contributed by atoms with Crippen LogP contribution in [0, 0.1) is 0 Å². The molecule has 0 aliphatic heterocycles. The lowest BCUT2D eigenvalue weighted by atomic mass is 9.97. The summed E-state index contributed by atoms with van der Waals surface area (Å²) >= 11 is 0. The number of hydrogen-bond donors (Lipinski definition) is 2. The zero-order chi connectivity index (χ0) is 14.5. The first-order chi connectivity index (χ1) is 9.58. The second-order valence-electron chi connectivity index (χ2n) is 4.70. The van der Waals surface area contributed by atoms with E-state index >= 15 is 0 Å². The molecule has 3 nitrogen and oxygen atoms in total. The van der Waals surface area contributed by atoms with Gasteiger partial charge in [-0.15, -0.1) is 0 Å². The lowest BCUT2D eigenvalue weighted by molar-refractivity contribution is -0.138. The number of hydrogen-bond acceptors (Lipinski definition) is 2. The van der Waals surface area contributed by atoms with Crippen molar-refractivity contribution in [3.05, 3.63) is 66.7 Å². The molecule has 0 bridgehead atoms. The number of carbonyl (C=O) groups is 1. The van der Waals surface area contributed by atoms with Crippen LogP contribution >= 0.6 is 0 Å². The van der Waals surface area contributed by atoms with E-state index in [0.717, 1.165) is 22.3 Å². The number of nitrogens with two attached hydrogens (primary N) is 1. The molecule has 0 aliphatic carbocycles. The number of benzene rings is 2. The standard InChI is InChI=1S/C17H17NO2/c1-12(11-16(18)17(19)20)13-7-9-15(10-8-13)14-5-3-2-4-6-14/h2-10,16H,1,11,18H2,(H,19,20)/t16-/m0/s1. The maximum atomic E-state index is 10.7. The summed E-state index contributed by atoms with van der Waals surface area (Å²) in [5.41, 5.74) is 9.43. The second kappa shape index (κ2) is 6.17. The zero-order valence-corrected chi connectivity index (χ0v) is 11.1. The average Bonchev–Trinajstić information content (AvgIpc) is 2.48. The number of aliphatic carboxylic acids is 1. The van der Waals surface area contributed by atoms with Gasteiger partial charge in [0, 0.05) is 0 Å². The lowest BCUT2D eigenvalue weighted by Crippen LogP contribution is -2.30. The summed E-state index contributed by atoms with van der Waals surface area (Å²) in [7, 11) is 0. The van der Waals surface area contributed by atoms with Gasteiger partial charge in [-0.25, -0.2) is 0 Å². The van der Waals surface area contributed by atoms with Gasteiger partial charge in [-0.1, -0.05) is 61.2 Å². The maximum Gasteiger partial charge on any atom is 0.320 e. The predicted octanol–water partition coefficient (Wildman–Crippen LogP) is 3.17. The van der Waals surface area contributed by atoms with E-state index in [-0.39, 0.29) is 6.42 Å². The van der Waals surface area contributed by atoms with Gasteiger partial charge in [-0.05, 0) is 28.7 Å². The Morgan fingerprint density at radius 1 is 1.05 bits per heavy atom. The van der Waals surface area contributed by atoms with E-state index < -0.39 is 12.0 Å². The van der Waals surface area contributed by atoms with Crippen molar-refractivity contribution in [1.29, 1.82) is 0 Å². The van der Waals surface area contributed by atoms with Crippen molar-refractivity contribution < 1.29 is 9.90 Å². The maximum absolute atomic E-state index is 10.7. The highest BCUT2D eigenvalue weighted by Gasteiger charge is 2.13. The largest absolute Gasteiger partial charge is 0.480 e. The van der Waals surface area contributed by atoms with E-state index in [1.807, 2.05) is 54.6 Å². The number of rotatable bonds is 5. The molecule has 102 valence electrons. The van der Waals surface area contributed by atoms with Crippen LogP contribution in [0.15, 0.2) is 61.2 Å². The molecule has 20 heavy (non-hydrogen) atoms. The Morgan fingerprint density at radius 2 is 1.60 bits per heavy atom. The Morgan fingerprint density at radius 3 is 2.15 bits per heavy atom. The molecule has 0 saturated carbocycles. The Balaban J connectivity index is 2.12. The minimum atomic E-state index is -1.01. The molecule has 0 aromatic heterocycles. The molecule has 0 fully saturated rings. The van der Waals surface area contributed by atoms with Crippen molar-refractivity contribution >= 4 is 11.5 Å². The van der Waals surface area contributed by atoms with E-state index in [2.05, 4.69) is 6.58 Å². The summed E-state index contributed by atoms with van der Waals surface area (Å²) < 4.78 is 0. The first-order valence-electron chi connectivity index (χ1n) is 6.40. The third-order valence-corrected chi connectivity index (χ3v) is 3.18. The summed E-state index contributed by atoms with van der Waals surface area (Å²) in [6.45, 7) is 3.91. The molecule has 3 heteroatoms. The van der Waals surface area contributed by atoms with Crippen molar-refractivity contribution in [2.24, 2.45) is 5.73 Å². The smallest absolute Gasteiger partial charge is 0.320 e. The lowest BCUT2D eigenvalue weighted by Gasteiger charge is -2.10. The van der Waals surface area contributed by atoms with Crippen LogP contribution in [0.3, 0.4) is 0 Å². The van der Waals surface area contributed by atoms with Crippen LogP contribution in [0.25, 0.3) is 16.7 Å². The van der Waals surface area contributed by atoms with Crippen LogP contribution in [0.1, 0.15) is 12.0 Å². The fraction of sp³-hybridized carbons (Fsp3) is 0.118. The van der Waals surface area contributed by atoms with Crippen LogP contribution in [0.4, 0.5) is 0 Å². The molecule has 2 aromatic carbocycles. The molecule has 0 spiro atoms. The molecule has 0 saturated heterocycles. The van der Waals surface area contributed by atoms with E-state index in [1.165, 1.54) is 0 Å². The third kappa shape index (κ3) is 3.33. The summed E-state index contributed by atoms with van der Waals surface area (Å²) in [5.74, 6) is -1.01. The summed E-state index contributed by atoms with van der Waals surface area (Å²) in [6, 6.07) is 17.0. The molecule has 2 rings (SSSR count). The summed E-state index contributed by atoms with van der Waals surface area (Å²) in [4.78, 5) is 10.7. The minimum Gasteiger partial charge on any atom is -0.480 e. The first kappa shape index (κ1) is 14.0. The van der Waals surface area contributed by atoms with Crippen molar-refractivity contribution in [1.82, 2.24) is 0 Å². The Labute approximate surface area is 118 Å². The van der Waals surface area contributed by atoms with Gasteiger partial charge >= 0.3 is 5.97 Å². The quantitative estimate of drug-likeness (QED) is 0.874. The second-order valence-corrected chi connectivity index (χ2v) is 4.70. The molecule has 0 heterocycles. The molecular formula is C17H17NO2. The fourth-order valence-electron chi connectivity index (χ4n) is 2.00. The average molecular weight is 267 g/mol. The number of carboxylic acids is 1. The Kier molecular flexibility index (Phi) is 4.33. The topological polar surface area (TPSA) is 63.3 Å². The molecule has 0 amide bonds. The highest BCUT2D eigenvalue weighted by molar-refractivity contribution is 5.78. The van der Waals surface area contributed by atoms with Gasteiger partial charge in [0.05, 0.1) is 0 Å². The minimum absolute atomic E-state index is 0.250. The van der Waals surface area contributed by atoms with E-state index in [1.54, 1.807) is 0 Å².